The number of fused-ring (bicyclic) bond motifs is 1. The molecule has 0 unspecified atom stereocenters. The summed E-state index contributed by atoms with van der Waals surface area (Å²) in [7, 11) is -4.21. The van der Waals surface area contributed by atoms with E-state index in [0.717, 1.165) is 17.9 Å². The van der Waals surface area contributed by atoms with Crippen LogP contribution in [0.5, 0.6) is 0 Å². The van der Waals surface area contributed by atoms with Gasteiger partial charge in [-0.15, -0.1) is 0 Å². The van der Waals surface area contributed by atoms with Gasteiger partial charge in [-0.1, -0.05) is 83.9 Å². The van der Waals surface area contributed by atoms with Gasteiger partial charge in [-0.05, 0) is 97.2 Å². The number of rotatable bonds is 9. The standard InChI is InChI=1S/C34H50N2O5S/c1-23(11-9-19-33(3,4)5)28-17-18-29-25(12-10-20-34(28,29)6)15-16-26-21-27(37)22-30(24(26)2)35-42(40,41)32-14-8-7-13-31(32)36(38)39/h7-8,13-16,23,27-30,35,37H,2,9-12,17-22H2,1,3-6H3/b25-15+,26-16-/t23-,27-,28-,29+,30+,34-/m1/s1. The Balaban J connectivity index is 1.50. The molecule has 3 fully saturated rings. The van der Waals surface area contributed by atoms with Crippen molar-refractivity contribution in [3.8, 4) is 0 Å². The van der Waals surface area contributed by atoms with Crippen LogP contribution < -0.4 is 4.72 Å². The van der Waals surface area contributed by atoms with Crippen LogP contribution in [-0.4, -0.2) is 30.6 Å². The molecule has 2 N–H and O–H groups in total. The van der Waals surface area contributed by atoms with E-state index >= 15 is 0 Å². The molecule has 0 heterocycles. The zero-order chi connectivity index (χ0) is 30.9. The van der Waals surface area contributed by atoms with Gasteiger partial charge in [0.1, 0.15) is 0 Å². The maximum atomic E-state index is 13.2. The summed E-state index contributed by atoms with van der Waals surface area (Å²) in [6, 6.07) is 4.55. The normalized spacial score (nSPS) is 31.3. The highest BCUT2D eigenvalue weighted by Crippen LogP contribution is 2.60. The van der Waals surface area contributed by atoms with Crippen molar-refractivity contribution in [1.82, 2.24) is 4.72 Å². The molecule has 1 aromatic carbocycles. The van der Waals surface area contributed by atoms with Crippen LogP contribution in [0.1, 0.15) is 98.8 Å². The van der Waals surface area contributed by atoms with E-state index < -0.39 is 32.8 Å². The third-order valence-corrected chi connectivity index (χ3v) is 11.8. The topological polar surface area (TPSA) is 110 Å². The summed E-state index contributed by atoms with van der Waals surface area (Å²) >= 11 is 0. The van der Waals surface area contributed by atoms with E-state index in [4.69, 9.17) is 0 Å². The molecule has 3 aliphatic rings. The van der Waals surface area contributed by atoms with Crippen LogP contribution >= 0.6 is 0 Å². The van der Waals surface area contributed by atoms with Crippen molar-refractivity contribution in [2.24, 2.45) is 28.6 Å². The van der Waals surface area contributed by atoms with Crippen molar-refractivity contribution >= 4 is 15.7 Å². The number of hydrogen-bond acceptors (Lipinski definition) is 5. The van der Waals surface area contributed by atoms with Crippen molar-refractivity contribution in [2.75, 3.05) is 0 Å². The van der Waals surface area contributed by atoms with Gasteiger partial charge in [-0.3, -0.25) is 10.1 Å². The Morgan fingerprint density at radius 1 is 1.24 bits per heavy atom. The molecule has 0 aliphatic heterocycles. The summed E-state index contributed by atoms with van der Waals surface area (Å²) in [5.74, 6) is 1.99. The monoisotopic (exact) mass is 598 g/mol. The van der Waals surface area contributed by atoms with E-state index in [1.807, 2.05) is 6.08 Å². The molecule has 1 aromatic rings. The van der Waals surface area contributed by atoms with Gasteiger partial charge in [0.25, 0.3) is 5.69 Å². The highest BCUT2D eigenvalue weighted by molar-refractivity contribution is 7.89. The molecule has 3 saturated carbocycles. The molecule has 4 rings (SSSR count). The minimum atomic E-state index is -4.21. The quantitative estimate of drug-likeness (QED) is 0.222. The first-order valence-corrected chi connectivity index (χ1v) is 17.1. The van der Waals surface area contributed by atoms with Crippen LogP contribution in [0.3, 0.4) is 0 Å². The summed E-state index contributed by atoms with van der Waals surface area (Å²) in [6.45, 7) is 16.1. The SMILES string of the molecule is C=C1/C(=C\C=C2/CCC[C@]3(C)[C@@H]([C@H](C)CCCC(C)(C)C)CC[C@@H]23)C[C@@H](O)C[C@@H]1NS(=O)(=O)c1ccccc1[N+](=O)[O-]. The van der Waals surface area contributed by atoms with Gasteiger partial charge in [-0.2, -0.15) is 0 Å². The number of nitrogens with zero attached hydrogens (tertiary/aromatic N) is 1. The molecule has 0 radical (unpaired) electrons. The molecule has 42 heavy (non-hydrogen) atoms. The van der Waals surface area contributed by atoms with Crippen LogP contribution in [0.25, 0.3) is 0 Å². The molecule has 0 bridgehead atoms. The molecule has 0 aromatic heterocycles. The second-order valence-electron chi connectivity index (χ2n) is 14.5. The smallest absolute Gasteiger partial charge is 0.289 e. The molecule has 3 aliphatic carbocycles. The molecule has 0 saturated heterocycles. The van der Waals surface area contributed by atoms with Gasteiger partial charge in [-0.25, -0.2) is 13.1 Å². The van der Waals surface area contributed by atoms with Crippen molar-refractivity contribution < 1.29 is 18.4 Å². The number of nitro benzene ring substituents is 1. The number of allylic oxidation sites excluding steroid dienone is 3. The number of aliphatic hydroxyl groups excluding tert-OH is 1. The fraction of sp³-hybridized carbons (Fsp3) is 0.647. The highest BCUT2D eigenvalue weighted by Gasteiger charge is 2.50. The third-order valence-electron chi connectivity index (χ3n) is 10.3. The maximum absolute atomic E-state index is 13.2. The van der Waals surface area contributed by atoms with Crippen molar-refractivity contribution in [2.45, 2.75) is 116 Å². The van der Waals surface area contributed by atoms with E-state index in [9.17, 15) is 23.6 Å². The van der Waals surface area contributed by atoms with Crippen LogP contribution in [0.2, 0.25) is 0 Å². The lowest BCUT2D eigenvalue weighted by atomic mass is 9.60. The second kappa shape index (κ2) is 12.7. The van der Waals surface area contributed by atoms with Crippen molar-refractivity contribution in [1.29, 1.82) is 0 Å². The molecule has 232 valence electrons. The Morgan fingerprint density at radius 3 is 2.64 bits per heavy atom. The van der Waals surface area contributed by atoms with Gasteiger partial charge in [0.15, 0.2) is 4.90 Å². The predicted octanol–water partition coefficient (Wildman–Crippen LogP) is 7.87. The van der Waals surface area contributed by atoms with Crippen LogP contribution in [0.4, 0.5) is 5.69 Å². The van der Waals surface area contributed by atoms with E-state index in [-0.39, 0.29) is 11.3 Å². The van der Waals surface area contributed by atoms with Gasteiger partial charge in [0.2, 0.25) is 10.0 Å². The Labute approximate surface area is 252 Å². The lowest BCUT2D eigenvalue weighted by Crippen LogP contribution is -2.42. The minimum Gasteiger partial charge on any atom is -0.393 e. The summed E-state index contributed by atoms with van der Waals surface area (Å²) in [5.41, 5.74) is 3.10. The molecule has 0 spiro atoms. The Hall–Kier alpha value is -2.29. The first kappa shape index (κ1) is 32.6. The number of benzene rings is 1. The lowest BCUT2D eigenvalue weighted by Gasteiger charge is -2.44. The number of para-hydroxylation sites is 1. The minimum absolute atomic E-state index is 0.169. The molecule has 8 heteroatoms. The zero-order valence-corrected chi connectivity index (χ0v) is 26.9. The summed E-state index contributed by atoms with van der Waals surface area (Å²) in [5, 5.41) is 22.1. The average Bonchev–Trinajstić information content (AvgIpc) is 3.26. The molecule has 7 nitrogen and oxygen atoms in total. The fourth-order valence-corrected chi connectivity index (χ4v) is 9.48. The first-order chi connectivity index (χ1) is 19.6. The van der Waals surface area contributed by atoms with Gasteiger partial charge >= 0.3 is 0 Å². The number of sulfonamides is 1. The molecule has 0 amide bonds. The van der Waals surface area contributed by atoms with E-state index in [1.165, 1.54) is 74.8 Å². The zero-order valence-electron chi connectivity index (χ0n) is 26.1. The molecule has 6 atom stereocenters. The van der Waals surface area contributed by atoms with Gasteiger partial charge in [0, 0.05) is 12.1 Å². The third kappa shape index (κ3) is 7.25. The average molecular weight is 599 g/mol. The Morgan fingerprint density at radius 2 is 1.95 bits per heavy atom. The number of aliphatic hydroxyl groups is 1. The second-order valence-corrected chi connectivity index (χ2v) is 16.2. The highest BCUT2D eigenvalue weighted by atomic mass is 32.2. The Bertz CT molecular complexity index is 1340. The van der Waals surface area contributed by atoms with Gasteiger partial charge in [0.05, 0.1) is 11.0 Å². The maximum Gasteiger partial charge on any atom is 0.289 e. The largest absolute Gasteiger partial charge is 0.393 e. The van der Waals surface area contributed by atoms with E-state index in [0.29, 0.717) is 34.7 Å². The first-order valence-electron chi connectivity index (χ1n) is 15.6. The van der Waals surface area contributed by atoms with E-state index in [1.54, 1.807) is 0 Å². The Kier molecular flexibility index (Phi) is 9.90. The molecular formula is C34H50N2O5S. The number of nitro groups is 1. The van der Waals surface area contributed by atoms with Crippen LogP contribution in [0, 0.1) is 38.7 Å². The fourth-order valence-electron chi connectivity index (χ4n) is 8.06. The van der Waals surface area contributed by atoms with Crippen LogP contribution in [-0.2, 0) is 10.0 Å². The summed E-state index contributed by atoms with van der Waals surface area (Å²) in [6.07, 6.45) is 13.9. The number of nitrogens with one attached hydrogen (secondary N) is 1. The summed E-state index contributed by atoms with van der Waals surface area (Å²) in [4.78, 5) is 10.4. The lowest BCUT2D eigenvalue weighted by molar-refractivity contribution is -0.387. The van der Waals surface area contributed by atoms with E-state index in [2.05, 4.69) is 52.0 Å². The van der Waals surface area contributed by atoms with Crippen LogP contribution in [0.15, 0.2) is 64.6 Å². The van der Waals surface area contributed by atoms with Gasteiger partial charge < -0.3 is 5.11 Å². The predicted molar refractivity (Wildman–Crippen MR) is 168 cm³/mol. The summed E-state index contributed by atoms with van der Waals surface area (Å²) < 4.78 is 29.0. The van der Waals surface area contributed by atoms with Crippen molar-refractivity contribution in [3.63, 3.8) is 0 Å². The number of hydrogen-bond donors (Lipinski definition) is 2. The van der Waals surface area contributed by atoms with Crippen molar-refractivity contribution in [3.05, 3.63) is 69.8 Å². The molecular weight excluding hydrogens is 548 g/mol.